The van der Waals surface area contributed by atoms with Gasteiger partial charge in [0, 0.05) is 12.7 Å². The van der Waals surface area contributed by atoms with Gasteiger partial charge in [0.15, 0.2) is 5.82 Å². The molecule has 1 amide bonds. The fourth-order valence-electron chi connectivity index (χ4n) is 3.67. The van der Waals surface area contributed by atoms with Gasteiger partial charge in [-0.2, -0.15) is 0 Å². The summed E-state index contributed by atoms with van der Waals surface area (Å²) in [4.78, 5) is 26.8. The zero-order valence-electron chi connectivity index (χ0n) is 17.2. The van der Waals surface area contributed by atoms with Crippen LogP contribution in [0.1, 0.15) is 40.9 Å². The van der Waals surface area contributed by atoms with Crippen molar-refractivity contribution in [3.8, 4) is 0 Å². The molecule has 0 saturated heterocycles. The molecule has 4 rings (SSSR count). The van der Waals surface area contributed by atoms with Gasteiger partial charge in [-0.05, 0) is 44.2 Å². The number of aliphatic imine (C=N–C) groups is 1. The maximum atomic E-state index is 12.4. The van der Waals surface area contributed by atoms with Crippen molar-refractivity contribution in [2.24, 2.45) is 4.99 Å². The summed E-state index contributed by atoms with van der Waals surface area (Å²) in [5, 5.41) is 23.9. The molecule has 4 N–H and O–H groups in total. The van der Waals surface area contributed by atoms with Crippen LogP contribution in [0, 0.1) is 6.92 Å². The monoisotopic (exact) mass is 446 g/mol. The molecule has 0 radical (unpaired) electrons. The van der Waals surface area contributed by atoms with Crippen LogP contribution in [-0.2, 0) is 4.74 Å². The molecule has 0 bridgehead atoms. The number of amidine groups is 1. The number of aromatic nitrogens is 2. The van der Waals surface area contributed by atoms with Crippen molar-refractivity contribution in [1.82, 2.24) is 20.3 Å². The molecular formula is C20H26N6O4S. The Balaban J connectivity index is 1.54. The summed E-state index contributed by atoms with van der Waals surface area (Å²) in [6, 6.07) is 0.449. The molecule has 166 valence electrons. The second-order valence-electron chi connectivity index (χ2n) is 7.51. The number of fused-ring (bicyclic) bond motifs is 1. The van der Waals surface area contributed by atoms with E-state index in [1.54, 1.807) is 11.2 Å². The van der Waals surface area contributed by atoms with Crippen molar-refractivity contribution in [1.29, 1.82) is 0 Å². The van der Waals surface area contributed by atoms with Crippen LogP contribution in [0.5, 0.6) is 0 Å². The quantitative estimate of drug-likeness (QED) is 0.526. The summed E-state index contributed by atoms with van der Waals surface area (Å²) in [6.45, 7) is 2.47. The third-order valence-electron chi connectivity index (χ3n) is 5.30. The van der Waals surface area contributed by atoms with Crippen LogP contribution in [0.15, 0.2) is 23.6 Å². The van der Waals surface area contributed by atoms with Crippen LogP contribution >= 0.6 is 11.3 Å². The van der Waals surface area contributed by atoms with Crippen molar-refractivity contribution in [3.05, 3.63) is 29.0 Å². The molecule has 0 aromatic carbocycles. The predicted molar refractivity (Wildman–Crippen MR) is 118 cm³/mol. The molecule has 3 heterocycles. The number of hydrogen-bond donors (Lipinski definition) is 4. The van der Waals surface area contributed by atoms with E-state index in [0.717, 1.165) is 36.6 Å². The number of aryl methyl sites for hydroxylation is 1. The van der Waals surface area contributed by atoms with Crippen LogP contribution in [-0.4, -0.2) is 69.0 Å². The molecule has 1 aliphatic heterocycles. The van der Waals surface area contributed by atoms with Crippen LogP contribution in [0.4, 0.5) is 5.82 Å². The maximum absolute atomic E-state index is 12.4. The van der Waals surface area contributed by atoms with E-state index in [2.05, 4.69) is 25.7 Å². The number of hydrogen-bond acceptors (Lipinski definition) is 10. The lowest BCUT2D eigenvalue weighted by Gasteiger charge is -2.32. The van der Waals surface area contributed by atoms with Gasteiger partial charge in [0.1, 0.15) is 17.3 Å². The van der Waals surface area contributed by atoms with Crippen LogP contribution in [0.25, 0.3) is 10.2 Å². The Hall–Kier alpha value is -2.76. The Labute approximate surface area is 183 Å². The summed E-state index contributed by atoms with van der Waals surface area (Å²) >= 11 is 1.29. The van der Waals surface area contributed by atoms with Crippen molar-refractivity contribution in [2.75, 3.05) is 25.1 Å². The van der Waals surface area contributed by atoms with Gasteiger partial charge in [-0.25, -0.2) is 20.0 Å². The number of rotatable bonds is 6. The number of thiophene rings is 1. The Morgan fingerprint density at radius 2 is 2.13 bits per heavy atom. The summed E-state index contributed by atoms with van der Waals surface area (Å²) in [7, 11) is 0. The molecule has 0 spiro atoms. The number of aliphatic hydroxyl groups excluding tert-OH is 2. The smallest absolute Gasteiger partial charge is 0.311 e. The fraction of sp³-hybridized carbons (Fsp3) is 0.500. The van der Waals surface area contributed by atoms with E-state index in [-0.39, 0.29) is 31.3 Å². The van der Waals surface area contributed by atoms with Crippen molar-refractivity contribution >= 4 is 39.3 Å². The minimum Gasteiger partial charge on any atom is -0.460 e. The molecule has 1 fully saturated rings. The molecule has 0 atom stereocenters. The van der Waals surface area contributed by atoms with E-state index >= 15 is 0 Å². The molecule has 10 nitrogen and oxygen atoms in total. The number of carbonyl (C=O) groups is 1. The van der Waals surface area contributed by atoms with Gasteiger partial charge < -0.3 is 20.3 Å². The molecule has 11 heteroatoms. The van der Waals surface area contributed by atoms with Gasteiger partial charge in [0.25, 0.3) is 5.91 Å². The molecule has 2 aromatic heterocycles. The standard InChI is InChI=1S/C20H26N6O4S/c1-12-15-17(23-11-24-19(15)31-16(12)18(29)21-8-10-27)25-26-9-2-7-22-20(26)30-14-5-3-13(28)4-6-14/h2,7,11,13-14,27-28H,3-6,8-10H2,1H3,(H,21,29)(H,23,24,25). The van der Waals surface area contributed by atoms with E-state index in [9.17, 15) is 9.90 Å². The summed E-state index contributed by atoms with van der Waals surface area (Å²) in [6.07, 6.45) is 7.84. The normalized spacial score (nSPS) is 21.1. The van der Waals surface area contributed by atoms with Gasteiger partial charge in [0.2, 0.25) is 0 Å². The molecular weight excluding hydrogens is 420 g/mol. The second-order valence-corrected chi connectivity index (χ2v) is 8.50. The predicted octanol–water partition coefficient (Wildman–Crippen LogP) is 1.55. The molecule has 1 aliphatic carbocycles. The molecule has 0 unspecified atom stereocenters. The number of hydrazine groups is 1. The lowest BCUT2D eigenvalue weighted by molar-refractivity contribution is 0.0520. The molecule has 2 aliphatic rings. The highest BCUT2D eigenvalue weighted by Gasteiger charge is 2.26. The Morgan fingerprint density at radius 3 is 2.90 bits per heavy atom. The summed E-state index contributed by atoms with van der Waals surface area (Å²) in [5.41, 5.74) is 4.04. The van der Waals surface area contributed by atoms with E-state index < -0.39 is 0 Å². The SMILES string of the molecule is Cc1c(C(=O)NCCO)sc2ncnc(NN3CC=CN=C3OC3CCC(O)CC3)c12. The lowest BCUT2D eigenvalue weighted by atomic mass is 9.95. The van der Waals surface area contributed by atoms with E-state index in [1.165, 1.54) is 17.7 Å². The lowest BCUT2D eigenvalue weighted by Crippen LogP contribution is -2.42. The van der Waals surface area contributed by atoms with E-state index in [4.69, 9.17) is 9.84 Å². The summed E-state index contributed by atoms with van der Waals surface area (Å²) < 4.78 is 6.12. The Kier molecular flexibility index (Phi) is 6.64. The number of nitrogens with one attached hydrogen (secondary N) is 2. The van der Waals surface area contributed by atoms with Crippen molar-refractivity contribution < 1.29 is 19.7 Å². The topological polar surface area (TPSA) is 132 Å². The molecule has 2 aromatic rings. The first kappa shape index (κ1) is 21.5. The zero-order valence-corrected chi connectivity index (χ0v) is 18.1. The van der Waals surface area contributed by atoms with E-state index in [0.29, 0.717) is 28.1 Å². The first-order valence-electron chi connectivity index (χ1n) is 10.3. The van der Waals surface area contributed by atoms with Crippen LogP contribution in [0.3, 0.4) is 0 Å². The highest BCUT2D eigenvalue weighted by atomic mass is 32.1. The maximum Gasteiger partial charge on any atom is 0.311 e. The molecule has 31 heavy (non-hydrogen) atoms. The number of anilines is 1. The van der Waals surface area contributed by atoms with Crippen molar-refractivity contribution in [2.45, 2.75) is 44.8 Å². The number of ether oxygens (including phenoxy) is 1. The minimum absolute atomic E-state index is 0.00748. The number of aliphatic hydroxyl groups is 2. The highest BCUT2D eigenvalue weighted by molar-refractivity contribution is 7.20. The number of carbonyl (C=O) groups excluding carboxylic acids is 1. The third kappa shape index (κ3) is 4.78. The number of nitrogens with zero attached hydrogens (tertiary/aromatic N) is 4. The van der Waals surface area contributed by atoms with Gasteiger partial charge in [-0.15, -0.1) is 11.3 Å². The first-order chi connectivity index (χ1) is 15.1. The minimum atomic E-state index is -0.248. The molecule has 1 saturated carbocycles. The second kappa shape index (κ2) is 9.58. The number of amides is 1. The van der Waals surface area contributed by atoms with Crippen LogP contribution < -0.4 is 10.7 Å². The summed E-state index contributed by atoms with van der Waals surface area (Å²) in [5.74, 6) is 0.317. The fourth-order valence-corrected chi connectivity index (χ4v) is 4.73. The largest absolute Gasteiger partial charge is 0.460 e. The van der Waals surface area contributed by atoms with Gasteiger partial charge in [-0.1, -0.05) is 0 Å². The van der Waals surface area contributed by atoms with Gasteiger partial charge >= 0.3 is 6.02 Å². The third-order valence-corrected chi connectivity index (χ3v) is 6.49. The average molecular weight is 447 g/mol. The Bertz CT molecular complexity index is 999. The Morgan fingerprint density at radius 1 is 1.32 bits per heavy atom. The van der Waals surface area contributed by atoms with Crippen LogP contribution in [0.2, 0.25) is 0 Å². The van der Waals surface area contributed by atoms with E-state index in [1.807, 2.05) is 13.0 Å². The van der Waals surface area contributed by atoms with Gasteiger partial charge in [0.05, 0.1) is 29.5 Å². The van der Waals surface area contributed by atoms with Gasteiger partial charge in [-0.3, -0.25) is 10.2 Å². The highest BCUT2D eigenvalue weighted by Crippen LogP contribution is 2.33. The van der Waals surface area contributed by atoms with Crippen molar-refractivity contribution in [3.63, 3.8) is 0 Å². The zero-order chi connectivity index (χ0) is 21.8. The average Bonchev–Trinajstić information content (AvgIpc) is 3.12. The first-order valence-corrected chi connectivity index (χ1v) is 11.1.